The summed E-state index contributed by atoms with van der Waals surface area (Å²) in [7, 11) is 0. The van der Waals surface area contributed by atoms with Crippen LogP contribution in [-0.4, -0.2) is 23.6 Å². The maximum atomic E-state index is 12.9. The Labute approximate surface area is 187 Å². The summed E-state index contributed by atoms with van der Waals surface area (Å²) in [6, 6.07) is 20.0. The van der Waals surface area contributed by atoms with Crippen LogP contribution in [0.3, 0.4) is 0 Å². The number of nitrogens with two attached hydrogens (primary N) is 1. The lowest BCUT2D eigenvalue weighted by atomic mass is 10.0. The molecule has 32 heavy (non-hydrogen) atoms. The van der Waals surface area contributed by atoms with Crippen LogP contribution in [0.4, 0.5) is 4.79 Å². The van der Waals surface area contributed by atoms with E-state index in [2.05, 4.69) is 10.8 Å². The number of carbonyl (C=O) groups excluding carboxylic acids is 2. The van der Waals surface area contributed by atoms with Crippen molar-refractivity contribution in [3.05, 3.63) is 77.9 Å². The highest BCUT2D eigenvalue weighted by Gasteiger charge is 2.25. The van der Waals surface area contributed by atoms with Crippen LogP contribution in [0.25, 0.3) is 10.8 Å². The largest absolute Gasteiger partial charge is 0.444 e. The van der Waals surface area contributed by atoms with Crippen LogP contribution in [0.5, 0.6) is 5.75 Å². The minimum atomic E-state index is -0.894. The minimum Gasteiger partial charge on any atom is -0.444 e. The zero-order valence-electron chi connectivity index (χ0n) is 18.6. The third-order valence-corrected chi connectivity index (χ3v) is 4.69. The first-order valence-corrected chi connectivity index (χ1v) is 10.5. The lowest BCUT2D eigenvalue weighted by Crippen LogP contribution is -2.50. The number of hydrogen-bond acceptors (Lipinski definition) is 5. The predicted octanol–water partition coefficient (Wildman–Crippen LogP) is 3.84. The van der Waals surface area contributed by atoms with Crippen molar-refractivity contribution in [1.82, 2.24) is 10.8 Å². The molecule has 2 amide bonds. The summed E-state index contributed by atoms with van der Waals surface area (Å²) in [5, 5.41) is 4.81. The van der Waals surface area contributed by atoms with Crippen LogP contribution in [0.15, 0.2) is 66.7 Å². The molecule has 0 fully saturated rings. The third kappa shape index (κ3) is 6.72. The molecule has 3 rings (SSSR count). The maximum absolute atomic E-state index is 12.9. The Bertz CT molecular complexity index is 1070. The van der Waals surface area contributed by atoms with E-state index in [9.17, 15) is 9.59 Å². The van der Waals surface area contributed by atoms with Crippen molar-refractivity contribution in [2.45, 2.75) is 45.4 Å². The molecule has 7 heteroatoms. The molecule has 4 N–H and O–H groups in total. The predicted molar refractivity (Wildman–Crippen MR) is 124 cm³/mol. The Kier molecular flexibility index (Phi) is 7.33. The van der Waals surface area contributed by atoms with Gasteiger partial charge in [0.05, 0.1) is 0 Å². The first-order valence-electron chi connectivity index (χ1n) is 10.5. The molecule has 7 nitrogen and oxygen atoms in total. The first-order chi connectivity index (χ1) is 15.2. The summed E-state index contributed by atoms with van der Waals surface area (Å²) in [5.41, 5.74) is 9.18. The summed E-state index contributed by atoms with van der Waals surface area (Å²) < 4.78 is 5.33. The van der Waals surface area contributed by atoms with Crippen LogP contribution in [0.2, 0.25) is 0 Å². The molecule has 0 saturated carbocycles. The van der Waals surface area contributed by atoms with E-state index in [4.69, 9.17) is 15.3 Å². The van der Waals surface area contributed by atoms with Crippen molar-refractivity contribution in [3.8, 4) is 5.75 Å². The normalized spacial score (nSPS) is 12.1. The molecule has 0 radical (unpaired) electrons. The zero-order valence-corrected chi connectivity index (χ0v) is 18.6. The summed E-state index contributed by atoms with van der Waals surface area (Å²) >= 11 is 0. The average Bonchev–Trinajstić information content (AvgIpc) is 2.76. The van der Waals surface area contributed by atoms with E-state index >= 15 is 0 Å². The molecule has 0 spiro atoms. The van der Waals surface area contributed by atoms with E-state index in [-0.39, 0.29) is 6.42 Å². The average molecular weight is 436 g/mol. The van der Waals surface area contributed by atoms with E-state index in [0.29, 0.717) is 12.3 Å². The molecule has 0 aliphatic heterocycles. The highest BCUT2D eigenvalue weighted by molar-refractivity contribution is 5.86. The fourth-order valence-electron chi connectivity index (χ4n) is 3.13. The summed E-state index contributed by atoms with van der Waals surface area (Å²) in [4.78, 5) is 30.6. The lowest BCUT2D eigenvalue weighted by molar-refractivity contribution is -0.129. The Balaban J connectivity index is 1.73. The molecule has 0 saturated heterocycles. The Morgan fingerprint density at radius 1 is 0.938 bits per heavy atom. The third-order valence-electron chi connectivity index (χ3n) is 4.69. The number of nitrogens with one attached hydrogen (secondary N) is 2. The lowest BCUT2D eigenvalue weighted by Gasteiger charge is -2.23. The molecule has 168 valence electrons. The number of fused-ring (bicyclic) bond motifs is 1. The topological polar surface area (TPSA) is 103 Å². The molecule has 0 heterocycles. The van der Waals surface area contributed by atoms with Crippen LogP contribution >= 0.6 is 0 Å². The molecule has 1 atom stereocenters. The number of rotatable bonds is 7. The van der Waals surface area contributed by atoms with Gasteiger partial charge in [-0.3, -0.25) is 4.79 Å². The Hall–Kier alpha value is -3.58. The van der Waals surface area contributed by atoms with Crippen LogP contribution < -0.4 is 21.4 Å². The number of amides is 2. The SMILES string of the molecule is CC(C)(C)OC(=O)N[C@H](Cc1ccc2ccccc2c1)C(=O)NOc1ccc(CN)cc1. The van der Waals surface area contributed by atoms with E-state index in [1.807, 2.05) is 54.6 Å². The molecular formula is C25H29N3O4. The van der Waals surface area contributed by atoms with Crippen molar-refractivity contribution in [1.29, 1.82) is 0 Å². The van der Waals surface area contributed by atoms with Crippen molar-refractivity contribution in [3.63, 3.8) is 0 Å². The first kappa shape index (κ1) is 23.1. The number of hydrogen-bond donors (Lipinski definition) is 3. The van der Waals surface area contributed by atoms with Gasteiger partial charge in [0, 0.05) is 13.0 Å². The molecule has 3 aromatic rings. The van der Waals surface area contributed by atoms with Gasteiger partial charge in [0.2, 0.25) is 0 Å². The second-order valence-electron chi connectivity index (χ2n) is 8.50. The van der Waals surface area contributed by atoms with Crippen molar-refractivity contribution >= 4 is 22.8 Å². The van der Waals surface area contributed by atoms with Crippen LogP contribution in [0.1, 0.15) is 31.9 Å². The fraction of sp³-hybridized carbons (Fsp3) is 0.280. The van der Waals surface area contributed by atoms with Gasteiger partial charge in [0.15, 0.2) is 5.75 Å². The molecule has 0 bridgehead atoms. The number of benzene rings is 3. The highest BCUT2D eigenvalue weighted by atomic mass is 16.7. The molecule has 0 aromatic heterocycles. The highest BCUT2D eigenvalue weighted by Crippen LogP contribution is 2.17. The van der Waals surface area contributed by atoms with Gasteiger partial charge in [-0.15, -0.1) is 0 Å². The number of hydroxylamine groups is 1. The van der Waals surface area contributed by atoms with Crippen molar-refractivity contribution < 1.29 is 19.2 Å². The summed E-state index contributed by atoms with van der Waals surface area (Å²) in [5.74, 6) is -0.0378. The number of alkyl carbamates (subject to hydrolysis) is 1. The van der Waals surface area contributed by atoms with Gasteiger partial charge in [-0.1, -0.05) is 54.6 Å². The van der Waals surface area contributed by atoms with Crippen molar-refractivity contribution in [2.75, 3.05) is 0 Å². The van der Waals surface area contributed by atoms with Gasteiger partial charge in [-0.2, -0.15) is 5.48 Å². The van der Waals surface area contributed by atoms with E-state index in [1.165, 1.54) is 0 Å². The second kappa shape index (κ2) is 10.2. The van der Waals surface area contributed by atoms with Gasteiger partial charge in [-0.25, -0.2) is 4.79 Å². The van der Waals surface area contributed by atoms with Crippen LogP contribution in [0, 0.1) is 0 Å². The van der Waals surface area contributed by atoms with E-state index in [1.54, 1.807) is 32.9 Å². The molecule has 0 aliphatic carbocycles. The minimum absolute atomic E-state index is 0.269. The monoisotopic (exact) mass is 435 g/mol. The standard InChI is InChI=1S/C25H29N3O4/c1-25(2,3)31-24(30)27-22(15-18-8-11-19-6-4-5-7-20(19)14-18)23(29)28-32-21-12-9-17(16-26)10-13-21/h4-14,22H,15-16,26H2,1-3H3,(H,27,30)(H,28,29)/t22-/m1/s1. The number of ether oxygens (including phenoxy) is 1. The van der Waals surface area contributed by atoms with Gasteiger partial charge in [-0.05, 0) is 54.8 Å². The van der Waals surface area contributed by atoms with Gasteiger partial charge in [0.1, 0.15) is 11.6 Å². The summed E-state index contributed by atoms with van der Waals surface area (Å²) in [6.07, 6.45) is -0.406. The molecular weight excluding hydrogens is 406 g/mol. The zero-order chi connectivity index (χ0) is 23.1. The Morgan fingerprint density at radius 2 is 1.59 bits per heavy atom. The smallest absolute Gasteiger partial charge is 0.408 e. The van der Waals surface area contributed by atoms with Gasteiger partial charge < -0.3 is 20.6 Å². The van der Waals surface area contributed by atoms with Gasteiger partial charge in [0.25, 0.3) is 5.91 Å². The fourth-order valence-corrected chi connectivity index (χ4v) is 3.13. The van der Waals surface area contributed by atoms with Crippen molar-refractivity contribution in [2.24, 2.45) is 5.73 Å². The second-order valence-corrected chi connectivity index (χ2v) is 8.50. The Morgan fingerprint density at radius 3 is 2.25 bits per heavy atom. The van der Waals surface area contributed by atoms with Gasteiger partial charge >= 0.3 is 6.09 Å². The van der Waals surface area contributed by atoms with E-state index in [0.717, 1.165) is 21.9 Å². The molecule has 0 aliphatic rings. The maximum Gasteiger partial charge on any atom is 0.408 e. The summed E-state index contributed by atoms with van der Waals surface area (Å²) in [6.45, 7) is 5.71. The molecule has 3 aromatic carbocycles. The quantitative estimate of drug-likeness (QED) is 0.489. The molecule has 0 unspecified atom stereocenters. The van der Waals surface area contributed by atoms with E-state index < -0.39 is 23.6 Å². The van der Waals surface area contributed by atoms with Crippen LogP contribution in [-0.2, 0) is 22.5 Å². The number of carbonyl (C=O) groups is 2.